The first-order chi connectivity index (χ1) is 15.9. The fourth-order valence-corrected chi connectivity index (χ4v) is 5.65. The second-order valence-electron chi connectivity index (χ2n) is 6.52. The molecule has 0 bridgehead atoms. The van der Waals surface area contributed by atoms with E-state index in [2.05, 4.69) is 27.6 Å². The van der Waals surface area contributed by atoms with Crippen molar-refractivity contribution in [2.45, 2.75) is 43.4 Å². The van der Waals surface area contributed by atoms with Crippen molar-refractivity contribution in [3.63, 3.8) is 0 Å². The Morgan fingerprint density at radius 3 is 1.46 bits per heavy atom. The zero-order valence-corrected chi connectivity index (χ0v) is 28.5. The molecule has 2 aromatic rings. The minimum Gasteiger partial charge on any atom is -0.644 e. The Labute approximate surface area is 270 Å². The average Bonchev–Trinajstić information content (AvgIpc) is 2.76. The van der Waals surface area contributed by atoms with Gasteiger partial charge >= 0.3 is 51.4 Å². The molecular formula is C22H34BrKO7S4. The van der Waals surface area contributed by atoms with Gasteiger partial charge in [0.25, 0.3) is 0 Å². The van der Waals surface area contributed by atoms with E-state index in [4.69, 9.17) is 15.3 Å². The zero-order valence-electron chi connectivity index (χ0n) is 20.6. The number of aliphatic hydroxyl groups is 3. The molecule has 35 heavy (non-hydrogen) atoms. The summed E-state index contributed by atoms with van der Waals surface area (Å²) < 4.78 is 44.9. The van der Waals surface area contributed by atoms with E-state index in [9.17, 15) is 16.8 Å². The van der Waals surface area contributed by atoms with Crippen molar-refractivity contribution in [1.82, 2.24) is 0 Å². The third-order valence-electron chi connectivity index (χ3n) is 3.45. The topological polar surface area (TPSA) is 129 Å². The third-order valence-corrected chi connectivity index (χ3v) is 9.06. The van der Waals surface area contributed by atoms with Gasteiger partial charge in [0.05, 0.1) is 13.8 Å². The second-order valence-corrected chi connectivity index (χ2v) is 14.1. The molecule has 0 spiro atoms. The Bertz CT molecular complexity index is 968. The van der Waals surface area contributed by atoms with Crippen molar-refractivity contribution in [3.8, 4) is 0 Å². The first-order valence-corrected chi connectivity index (χ1v) is 16.8. The van der Waals surface area contributed by atoms with E-state index in [1.54, 1.807) is 43.3 Å². The van der Waals surface area contributed by atoms with Crippen LogP contribution >= 0.6 is 26.7 Å². The fraction of sp³-hybridized carbons (Fsp3) is 0.455. The third kappa shape index (κ3) is 22.7. The Morgan fingerprint density at radius 1 is 0.800 bits per heavy atom. The van der Waals surface area contributed by atoms with Gasteiger partial charge in [0.2, 0.25) is 8.87 Å². The summed E-state index contributed by atoms with van der Waals surface area (Å²) in [6.07, 6.45) is 1.36. The Kier molecular flexibility index (Phi) is 27.9. The standard InChI is InChI=1S/C10H14O3S2.C7H8O2S2.C3H7BrO.C2H6O.K/c1-9-3-5-10(6-4-9)15(12,13)14-8-2-7-11;1-6-2-4-7(5-3-6)11(8,9)10;4-2-1-3-5;1-2-3;/h3-6,11H,2,7-8H2,1H3;2-5H,1H3,(H,8,9,10);5H,1-3H2;3H,2H2,1H3;/q;;;;+1/p-1. The number of aryl methyl sites for hydroxylation is 2. The van der Waals surface area contributed by atoms with E-state index in [1.807, 2.05) is 13.8 Å². The predicted molar refractivity (Wildman–Crippen MR) is 147 cm³/mol. The minimum atomic E-state index is -3.44. The van der Waals surface area contributed by atoms with Crippen LogP contribution < -0.4 is 51.4 Å². The van der Waals surface area contributed by atoms with Crippen LogP contribution in [0.4, 0.5) is 0 Å². The summed E-state index contributed by atoms with van der Waals surface area (Å²) in [6, 6.07) is 13.2. The molecule has 0 saturated heterocycles. The average molecular weight is 658 g/mol. The molecule has 0 atom stereocenters. The molecule has 0 amide bonds. The monoisotopic (exact) mass is 656 g/mol. The van der Waals surface area contributed by atoms with Crippen LogP contribution in [0.1, 0.15) is 30.9 Å². The van der Waals surface area contributed by atoms with Crippen molar-refractivity contribution in [2.75, 3.05) is 30.9 Å². The molecule has 196 valence electrons. The molecule has 3 N–H and O–H groups in total. The molecule has 0 radical (unpaired) electrons. The number of aliphatic hydroxyl groups excluding tert-OH is 3. The SMILES string of the molecule is CCO.Cc1ccc(S(=O)(=O)SCCCO)cc1.Cc1ccc(S(=O)(=O)[S-])cc1.OCCCBr.[K+]. The first-order valence-electron chi connectivity index (χ1n) is 10.3. The van der Waals surface area contributed by atoms with Crippen molar-refractivity contribution in [2.24, 2.45) is 0 Å². The van der Waals surface area contributed by atoms with Crippen molar-refractivity contribution < 1.29 is 83.5 Å². The van der Waals surface area contributed by atoms with Crippen LogP contribution in [0.5, 0.6) is 0 Å². The number of benzene rings is 2. The summed E-state index contributed by atoms with van der Waals surface area (Å²) >= 11 is 7.42. The van der Waals surface area contributed by atoms with Gasteiger partial charge in [-0.2, -0.15) is 0 Å². The first kappa shape index (κ1) is 40.5. The molecule has 0 aliphatic carbocycles. The van der Waals surface area contributed by atoms with E-state index in [-0.39, 0.29) is 69.5 Å². The Balaban J connectivity index is -0.000000449. The summed E-state index contributed by atoms with van der Waals surface area (Å²) in [5, 5.41) is 25.1. The van der Waals surface area contributed by atoms with E-state index < -0.39 is 17.7 Å². The number of alkyl halides is 1. The summed E-state index contributed by atoms with van der Waals surface area (Å²) in [7, 11) is -5.81. The molecule has 0 heterocycles. The number of rotatable bonds is 8. The van der Waals surface area contributed by atoms with Crippen molar-refractivity contribution in [3.05, 3.63) is 59.7 Å². The van der Waals surface area contributed by atoms with Crippen LogP contribution in [0.25, 0.3) is 0 Å². The normalized spacial score (nSPS) is 10.3. The molecule has 0 aliphatic rings. The molecule has 2 rings (SSSR count). The molecular weight excluding hydrogens is 624 g/mol. The Hall–Kier alpha value is 1.04. The summed E-state index contributed by atoms with van der Waals surface area (Å²) in [5.74, 6) is 0.423. The molecule has 0 unspecified atom stereocenters. The molecule has 0 aliphatic heterocycles. The minimum absolute atomic E-state index is 0. The molecule has 2 aromatic carbocycles. The van der Waals surface area contributed by atoms with Gasteiger partial charge in [-0.05, 0) is 68.7 Å². The van der Waals surface area contributed by atoms with E-state index >= 15 is 0 Å². The maximum atomic E-state index is 11.7. The molecule has 0 aromatic heterocycles. The molecule has 0 fully saturated rings. The van der Waals surface area contributed by atoms with Gasteiger partial charge in [0.15, 0.2) is 0 Å². The second kappa shape index (κ2) is 24.1. The van der Waals surface area contributed by atoms with Crippen LogP contribution in [-0.4, -0.2) is 63.1 Å². The van der Waals surface area contributed by atoms with E-state index in [0.29, 0.717) is 23.7 Å². The van der Waals surface area contributed by atoms with Crippen LogP contribution in [0.15, 0.2) is 58.3 Å². The number of hydrogen-bond acceptors (Lipinski definition) is 9. The van der Waals surface area contributed by atoms with Gasteiger partial charge in [0, 0.05) is 35.8 Å². The largest absolute Gasteiger partial charge is 1.00 e. The van der Waals surface area contributed by atoms with Crippen LogP contribution in [0, 0.1) is 13.8 Å². The molecule has 13 heteroatoms. The van der Waals surface area contributed by atoms with Gasteiger partial charge in [0.1, 0.15) is 0 Å². The summed E-state index contributed by atoms with van der Waals surface area (Å²) in [6.45, 7) is 6.05. The van der Waals surface area contributed by atoms with Gasteiger partial charge in [-0.25, -0.2) is 16.8 Å². The molecule has 0 saturated carbocycles. The summed E-state index contributed by atoms with van der Waals surface area (Å²) in [5.41, 5.74) is 2.06. The molecule has 7 nitrogen and oxygen atoms in total. The zero-order chi connectivity index (χ0) is 26.6. The Morgan fingerprint density at radius 2 is 1.17 bits per heavy atom. The van der Waals surface area contributed by atoms with Gasteiger partial charge in [-0.3, -0.25) is 0 Å². The van der Waals surface area contributed by atoms with Crippen LogP contribution in [-0.2, 0) is 29.4 Å². The van der Waals surface area contributed by atoms with Crippen molar-refractivity contribution >= 4 is 56.1 Å². The maximum absolute atomic E-state index is 11.7. The smallest absolute Gasteiger partial charge is 0.644 e. The number of halogens is 1. The maximum Gasteiger partial charge on any atom is 1.00 e. The van der Waals surface area contributed by atoms with Crippen molar-refractivity contribution in [1.29, 1.82) is 0 Å². The van der Waals surface area contributed by atoms with E-state index in [0.717, 1.165) is 33.7 Å². The van der Waals surface area contributed by atoms with Crippen LogP contribution in [0.3, 0.4) is 0 Å². The predicted octanol–water partition coefficient (Wildman–Crippen LogP) is 0.796. The number of hydrogen-bond donors (Lipinski definition) is 3. The van der Waals surface area contributed by atoms with Gasteiger partial charge < -0.3 is 27.0 Å². The van der Waals surface area contributed by atoms with Gasteiger partial charge in [-0.1, -0.05) is 51.3 Å². The van der Waals surface area contributed by atoms with Gasteiger partial charge in [-0.15, -0.1) is 0 Å². The summed E-state index contributed by atoms with van der Waals surface area (Å²) in [4.78, 5) is 0.522. The van der Waals surface area contributed by atoms with E-state index in [1.165, 1.54) is 12.1 Å². The van der Waals surface area contributed by atoms with Crippen LogP contribution in [0.2, 0.25) is 0 Å². The fourth-order valence-electron chi connectivity index (χ4n) is 1.77. The quantitative estimate of drug-likeness (QED) is 0.124.